The topological polar surface area (TPSA) is 12.0 Å². The molecule has 0 aromatic heterocycles. The van der Waals surface area contributed by atoms with Crippen LogP contribution in [0.4, 0.5) is 0 Å². The molecule has 3 saturated carbocycles. The molecule has 0 aromatic carbocycles. The first-order valence-corrected chi connectivity index (χ1v) is 8.76. The lowest BCUT2D eigenvalue weighted by Crippen LogP contribution is -2.32. The number of fused-ring (bicyclic) bond motifs is 5. The molecule has 4 aliphatic carbocycles. The summed E-state index contributed by atoms with van der Waals surface area (Å²) in [5.41, 5.74) is 1.78. The summed E-state index contributed by atoms with van der Waals surface area (Å²) in [6.45, 7) is 0. The van der Waals surface area contributed by atoms with Crippen LogP contribution in [0.2, 0.25) is 0 Å². The van der Waals surface area contributed by atoms with E-state index in [-0.39, 0.29) is 0 Å². The summed E-state index contributed by atoms with van der Waals surface area (Å²) in [6.07, 6.45) is 15.8. The Morgan fingerprint density at radius 3 is 2.53 bits per heavy atom. The Morgan fingerprint density at radius 2 is 1.79 bits per heavy atom. The lowest BCUT2D eigenvalue weighted by Gasteiger charge is -2.24. The Kier molecular flexibility index (Phi) is 3.22. The molecule has 5 unspecified atom stereocenters. The van der Waals surface area contributed by atoms with Gasteiger partial charge in [0.1, 0.15) is 0 Å². The highest BCUT2D eigenvalue weighted by Gasteiger charge is 2.66. The fourth-order valence-electron chi connectivity index (χ4n) is 5.96. The van der Waals surface area contributed by atoms with Gasteiger partial charge < -0.3 is 5.32 Å². The van der Waals surface area contributed by atoms with Gasteiger partial charge in [0, 0.05) is 6.04 Å². The van der Waals surface area contributed by atoms with Gasteiger partial charge in [0.25, 0.3) is 0 Å². The van der Waals surface area contributed by atoms with Gasteiger partial charge in [-0.05, 0) is 81.6 Å². The van der Waals surface area contributed by atoms with Crippen molar-refractivity contribution in [3.05, 3.63) is 11.6 Å². The molecule has 0 heterocycles. The molecule has 0 aliphatic heterocycles. The number of hydrogen-bond donors (Lipinski definition) is 1. The maximum Gasteiger partial charge on any atom is 0.0310 e. The highest BCUT2D eigenvalue weighted by Crippen LogP contribution is 2.70. The maximum atomic E-state index is 3.71. The van der Waals surface area contributed by atoms with Gasteiger partial charge in [-0.1, -0.05) is 24.5 Å². The molecule has 0 radical (unpaired) electrons. The third-order valence-corrected chi connectivity index (χ3v) is 6.72. The summed E-state index contributed by atoms with van der Waals surface area (Å²) >= 11 is 0. The Morgan fingerprint density at radius 1 is 1.05 bits per heavy atom. The zero-order valence-corrected chi connectivity index (χ0v) is 12.4. The van der Waals surface area contributed by atoms with Crippen LogP contribution in [0, 0.1) is 29.6 Å². The number of allylic oxidation sites excluding steroid dienone is 1. The zero-order valence-electron chi connectivity index (χ0n) is 12.4. The van der Waals surface area contributed by atoms with Gasteiger partial charge in [0.2, 0.25) is 0 Å². The Labute approximate surface area is 118 Å². The third-order valence-electron chi connectivity index (χ3n) is 6.72. The maximum absolute atomic E-state index is 3.71. The normalized spacial score (nSPS) is 46.2. The van der Waals surface area contributed by atoms with Crippen LogP contribution >= 0.6 is 0 Å². The minimum Gasteiger partial charge on any atom is -0.313 e. The molecule has 0 spiro atoms. The summed E-state index contributed by atoms with van der Waals surface area (Å²) in [5.74, 6) is 5.47. The molecule has 4 rings (SSSR count). The molecule has 106 valence electrons. The van der Waals surface area contributed by atoms with Crippen molar-refractivity contribution in [2.75, 3.05) is 7.05 Å². The van der Waals surface area contributed by atoms with Crippen LogP contribution in [0.5, 0.6) is 0 Å². The molecule has 3 fully saturated rings. The predicted octanol–water partition coefficient (Wildman–Crippen LogP) is 4.15. The molecule has 0 saturated heterocycles. The predicted molar refractivity (Wildman–Crippen MR) is 79.9 cm³/mol. The highest BCUT2D eigenvalue weighted by atomic mass is 14.9. The highest BCUT2D eigenvalue weighted by molar-refractivity contribution is 5.24. The average Bonchev–Trinajstić information content (AvgIpc) is 2.79. The molecule has 1 N–H and O–H groups in total. The van der Waals surface area contributed by atoms with Crippen LogP contribution in [-0.2, 0) is 0 Å². The molecule has 4 aliphatic rings. The molecule has 1 heteroatoms. The molecule has 5 atom stereocenters. The first-order chi connectivity index (χ1) is 9.40. The van der Waals surface area contributed by atoms with Crippen molar-refractivity contribution >= 4 is 0 Å². The molecular weight excluding hydrogens is 230 g/mol. The summed E-state index contributed by atoms with van der Waals surface area (Å²) in [5, 5.41) is 3.71. The molecular formula is C18H29N. The summed E-state index contributed by atoms with van der Waals surface area (Å²) in [7, 11) is 2.21. The number of hydrogen-bond acceptors (Lipinski definition) is 1. The molecule has 0 aromatic rings. The quantitative estimate of drug-likeness (QED) is 0.751. The fourth-order valence-corrected chi connectivity index (χ4v) is 5.96. The van der Waals surface area contributed by atoms with Gasteiger partial charge in [-0.2, -0.15) is 0 Å². The van der Waals surface area contributed by atoms with E-state index in [2.05, 4.69) is 18.4 Å². The minimum atomic E-state index is 0.733. The SMILES string of the molecule is CNC(C1=CCCCCCC1)C1C2C3CCC(C3)C21. The molecule has 1 nitrogen and oxygen atoms in total. The lowest BCUT2D eigenvalue weighted by atomic mass is 9.88. The van der Waals surface area contributed by atoms with Crippen molar-refractivity contribution < 1.29 is 0 Å². The van der Waals surface area contributed by atoms with Crippen LogP contribution < -0.4 is 5.32 Å². The van der Waals surface area contributed by atoms with Crippen molar-refractivity contribution in [1.82, 2.24) is 5.32 Å². The fraction of sp³-hybridized carbons (Fsp3) is 0.889. The van der Waals surface area contributed by atoms with Gasteiger partial charge in [-0.25, -0.2) is 0 Å². The number of likely N-dealkylation sites (N-methyl/N-ethyl adjacent to an activating group) is 1. The van der Waals surface area contributed by atoms with Gasteiger partial charge in [-0.15, -0.1) is 0 Å². The van der Waals surface area contributed by atoms with Crippen molar-refractivity contribution in [3.63, 3.8) is 0 Å². The zero-order chi connectivity index (χ0) is 12.8. The van der Waals surface area contributed by atoms with Crippen LogP contribution in [0.15, 0.2) is 11.6 Å². The van der Waals surface area contributed by atoms with E-state index in [1.807, 2.05) is 0 Å². The molecule has 2 bridgehead atoms. The Hall–Kier alpha value is -0.300. The standard InChI is InChI=1S/C18H29N/c1-19-18(12-7-5-3-2-4-6-8-12)17-15-13-9-10-14(11-13)16(15)17/h7,13-19H,2-6,8-11H2,1H3. The van der Waals surface area contributed by atoms with Crippen molar-refractivity contribution in [2.45, 2.75) is 63.8 Å². The van der Waals surface area contributed by atoms with Crippen LogP contribution in [0.3, 0.4) is 0 Å². The van der Waals surface area contributed by atoms with E-state index >= 15 is 0 Å². The summed E-state index contributed by atoms with van der Waals surface area (Å²) in [4.78, 5) is 0. The van der Waals surface area contributed by atoms with E-state index in [0.29, 0.717) is 0 Å². The van der Waals surface area contributed by atoms with E-state index in [4.69, 9.17) is 0 Å². The van der Waals surface area contributed by atoms with E-state index in [0.717, 1.165) is 35.6 Å². The van der Waals surface area contributed by atoms with Gasteiger partial charge >= 0.3 is 0 Å². The van der Waals surface area contributed by atoms with Crippen LogP contribution in [0.25, 0.3) is 0 Å². The second-order valence-corrected chi connectivity index (χ2v) is 7.56. The second kappa shape index (κ2) is 4.91. The second-order valence-electron chi connectivity index (χ2n) is 7.56. The minimum absolute atomic E-state index is 0.733. The Bertz CT molecular complexity index is 356. The largest absolute Gasteiger partial charge is 0.313 e. The van der Waals surface area contributed by atoms with E-state index in [1.54, 1.807) is 24.8 Å². The van der Waals surface area contributed by atoms with Crippen LogP contribution in [0.1, 0.15) is 57.8 Å². The number of rotatable bonds is 3. The molecule has 19 heavy (non-hydrogen) atoms. The van der Waals surface area contributed by atoms with Crippen molar-refractivity contribution in [1.29, 1.82) is 0 Å². The van der Waals surface area contributed by atoms with Gasteiger partial charge in [0.05, 0.1) is 0 Å². The number of nitrogens with one attached hydrogen (secondary N) is 1. The summed E-state index contributed by atoms with van der Waals surface area (Å²) < 4.78 is 0. The van der Waals surface area contributed by atoms with E-state index in [9.17, 15) is 0 Å². The van der Waals surface area contributed by atoms with Gasteiger partial charge in [-0.3, -0.25) is 0 Å². The van der Waals surface area contributed by atoms with E-state index in [1.165, 1.54) is 38.5 Å². The van der Waals surface area contributed by atoms with Crippen molar-refractivity contribution in [3.8, 4) is 0 Å². The van der Waals surface area contributed by atoms with Gasteiger partial charge in [0.15, 0.2) is 0 Å². The summed E-state index contributed by atoms with van der Waals surface area (Å²) in [6, 6.07) is 0.733. The monoisotopic (exact) mass is 259 g/mol. The van der Waals surface area contributed by atoms with E-state index < -0.39 is 0 Å². The first kappa shape index (κ1) is 12.4. The van der Waals surface area contributed by atoms with Crippen molar-refractivity contribution in [2.24, 2.45) is 29.6 Å². The Balaban J connectivity index is 1.49. The first-order valence-electron chi connectivity index (χ1n) is 8.76. The lowest BCUT2D eigenvalue weighted by molar-refractivity contribution is 0.397. The van der Waals surface area contributed by atoms with Crippen LogP contribution in [-0.4, -0.2) is 13.1 Å². The third kappa shape index (κ3) is 2.00. The smallest absolute Gasteiger partial charge is 0.0310 e. The average molecular weight is 259 g/mol. The molecule has 0 amide bonds.